The number of carbonyl (C=O) groups is 2. The zero-order chi connectivity index (χ0) is 15.3. The Morgan fingerprint density at radius 2 is 1.75 bits per heavy atom. The predicted molar refractivity (Wildman–Crippen MR) is 78.3 cm³/mol. The van der Waals surface area contributed by atoms with Gasteiger partial charge in [-0.25, -0.2) is 0 Å². The molecule has 5 nitrogen and oxygen atoms in total. The highest BCUT2D eigenvalue weighted by molar-refractivity contribution is 5.79. The van der Waals surface area contributed by atoms with Crippen LogP contribution in [0.15, 0.2) is 0 Å². The lowest BCUT2D eigenvalue weighted by atomic mass is 9.92. The third kappa shape index (κ3) is 5.12. The molecule has 0 spiro atoms. The van der Waals surface area contributed by atoms with E-state index in [1.807, 2.05) is 23.6 Å². The molecule has 20 heavy (non-hydrogen) atoms. The van der Waals surface area contributed by atoms with Gasteiger partial charge in [0.1, 0.15) is 0 Å². The second-order valence-corrected chi connectivity index (χ2v) is 6.32. The number of esters is 1. The van der Waals surface area contributed by atoms with Crippen molar-refractivity contribution in [2.45, 2.75) is 40.2 Å². The number of amides is 1. The monoisotopic (exact) mass is 284 g/mol. The van der Waals surface area contributed by atoms with Crippen molar-refractivity contribution in [1.29, 1.82) is 0 Å². The van der Waals surface area contributed by atoms with E-state index in [2.05, 4.69) is 18.6 Å². The zero-order valence-corrected chi connectivity index (χ0v) is 13.4. The van der Waals surface area contributed by atoms with Crippen LogP contribution in [0.1, 0.15) is 34.1 Å². The van der Waals surface area contributed by atoms with Crippen molar-refractivity contribution in [3.63, 3.8) is 0 Å². The number of likely N-dealkylation sites (tertiary alicyclic amines) is 1. The van der Waals surface area contributed by atoms with Gasteiger partial charge in [0.2, 0.25) is 5.91 Å². The smallest absolute Gasteiger partial charge is 0.319 e. The van der Waals surface area contributed by atoms with Crippen LogP contribution in [0.2, 0.25) is 0 Å². The summed E-state index contributed by atoms with van der Waals surface area (Å²) in [5, 5.41) is 0. The van der Waals surface area contributed by atoms with Crippen LogP contribution in [-0.2, 0) is 14.3 Å². The standard InChI is InChI=1S/C15H28N2O3/c1-11(2)16(10-15(19)20-5)9-14(18)17-7-12(3)6-13(4)8-17/h11-13H,6-10H2,1-5H3. The molecule has 0 aliphatic carbocycles. The number of hydrogen-bond donors (Lipinski definition) is 0. The summed E-state index contributed by atoms with van der Waals surface area (Å²) in [5.41, 5.74) is 0. The summed E-state index contributed by atoms with van der Waals surface area (Å²) >= 11 is 0. The SMILES string of the molecule is COC(=O)CN(CC(=O)N1CC(C)CC(C)C1)C(C)C. The third-order valence-corrected chi connectivity index (χ3v) is 3.85. The Balaban J connectivity index is 2.59. The quantitative estimate of drug-likeness (QED) is 0.716. The summed E-state index contributed by atoms with van der Waals surface area (Å²) in [4.78, 5) is 27.6. The molecule has 2 unspecified atom stereocenters. The van der Waals surface area contributed by atoms with E-state index < -0.39 is 0 Å². The molecule has 1 saturated heterocycles. The lowest BCUT2D eigenvalue weighted by molar-refractivity contribution is -0.144. The third-order valence-electron chi connectivity index (χ3n) is 3.85. The molecule has 0 aromatic heterocycles. The molecule has 1 aliphatic heterocycles. The van der Waals surface area contributed by atoms with Gasteiger partial charge in [-0.1, -0.05) is 13.8 Å². The number of carbonyl (C=O) groups excluding carboxylic acids is 2. The number of hydrogen-bond acceptors (Lipinski definition) is 4. The van der Waals surface area contributed by atoms with Gasteiger partial charge in [-0.15, -0.1) is 0 Å². The Kier molecular flexibility index (Phi) is 6.46. The van der Waals surface area contributed by atoms with Gasteiger partial charge in [-0.2, -0.15) is 0 Å². The average molecular weight is 284 g/mol. The lowest BCUT2D eigenvalue weighted by Gasteiger charge is -2.36. The first-order chi connectivity index (χ1) is 9.33. The van der Waals surface area contributed by atoms with Crippen molar-refractivity contribution in [2.75, 3.05) is 33.3 Å². The first kappa shape index (κ1) is 17.0. The van der Waals surface area contributed by atoms with Crippen LogP contribution in [0.3, 0.4) is 0 Å². The van der Waals surface area contributed by atoms with Crippen molar-refractivity contribution in [2.24, 2.45) is 11.8 Å². The molecule has 2 atom stereocenters. The molecule has 0 N–H and O–H groups in total. The van der Waals surface area contributed by atoms with E-state index in [4.69, 9.17) is 0 Å². The Hall–Kier alpha value is -1.10. The van der Waals surface area contributed by atoms with E-state index in [-0.39, 0.29) is 31.0 Å². The van der Waals surface area contributed by atoms with Crippen molar-refractivity contribution in [1.82, 2.24) is 9.80 Å². The molecule has 0 aromatic carbocycles. The summed E-state index contributed by atoms with van der Waals surface area (Å²) in [7, 11) is 1.37. The fourth-order valence-corrected chi connectivity index (χ4v) is 2.79. The van der Waals surface area contributed by atoms with Crippen molar-refractivity contribution >= 4 is 11.9 Å². The highest BCUT2D eigenvalue weighted by Gasteiger charge is 2.27. The van der Waals surface area contributed by atoms with E-state index in [1.54, 1.807) is 0 Å². The van der Waals surface area contributed by atoms with Gasteiger partial charge in [0.25, 0.3) is 0 Å². The Morgan fingerprint density at radius 3 is 2.20 bits per heavy atom. The average Bonchev–Trinajstić information content (AvgIpc) is 2.36. The van der Waals surface area contributed by atoms with E-state index in [1.165, 1.54) is 13.5 Å². The van der Waals surface area contributed by atoms with Crippen LogP contribution in [0.5, 0.6) is 0 Å². The first-order valence-electron chi connectivity index (χ1n) is 7.42. The number of ether oxygens (including phenoxy) is 1. The molecular formula is C15H28N2O3. The van der Waals surface area contributed by atoms with Crippen molar-refractivity contribution < 1.29 is 14.3 Å². The molecule has 0 radical (unpaired) electrons. The molecule has 1 heterocycles. The second kappa shape index (κ2) is 7.62. The second-order valence-electron chi connectivity index (χ2n) is 6.32. The largest absolute Gasteiger partial charge is 0.468 e. The van der Waals surface area contributed by atoms with E-state index in [0.717, 1.165) is 13.1 Å². The first-order valence-corrected chi connectivity index (χ1v) is 7.42. The maximum Gasteiger partial charge on any atom is 0.319 e. The molecule has 5 heteroatoms. The van der Waals surface area contributed by atoms with E-state index in [9.17, 15) is 9.59 Å². The lowest BCUT2D eigenvalue weighted by Crippen LogP contribution is -2.49. The highest BCUT2D eigenvalue weighted by atomic mass is 16.5. The van der Waals surface area contributed by atoms with Gasteiger partial charge in [-0.05, 0) is 32.1 Å². The van der Waals surface area contributed by atoms with Crippen molar-refractivity contribution in [3.05, 3.63) is 0 Å². The number of methoxy groups -OCH3 is 1. The minimum absolute atomic E-state index is 0.112. The van der Waals surface area contributed by atoms with Crippen LogP contribution >= 0.6 is 0 Å². The van der Waals surface area contributed by atoms with Gasteiger partial charge < -0.3 is 9.64 Å². The Morgan fingerprint density at radius 1 is 1.20 bits per heavy atom. The van der Waals surface area contributed by atoms with Crippen LogP contribution in [-0.4, -0.2) is 61.0 Å². The van der Waals surface area contributed by atoms with Gasteiger partial charge in [-0.3, -0.25) is 14.5 Å². The molecule has 1 rings (SSSR count). The molecule has 1 amide bonds. The summed E-state index contributed by atoms with van der Waals surface area (Å²) in [6.07, 6.45) is 1.18. The number of rotatable bonds is 5. The molecule has 1 aliphatic rings. The van der Waals surface area contributed by atoms with Crippen LogP contribution < -0.4 is 0 Å². The van der Waals surface area contributed by atoms with E-state index in [0.29, 0.717) is 11.8 Å². The minimum Gasteiger partial charge on any atom is -0.468 e. The maximum atomic E-state index is 12.4. The minimum atomic E-state index is -0.299. The topological polar surface area (TPSA) is 49.9 Å². The van der Waals surface area contributed by atoms with Gasteiger partial charge in [0.15, 0.2) is 0 Å². The fourth-order valence-electron chi connectivity index (χ4n) is 2.79. The summed E-state index contributed by atoms with van der Waals surface area (Å²) in [6.45, 7) is 10.4. The molecule has 116 valence electrons. The molecule has 0 saturated carbocycles. The van der Waals surface area contributed by atoms with Gasteiger partial charge in [0, 0.05) is 19.1 Å². The molecule has 0 aromatic rings. The van der Waals surface area contributed by atoms with E-state index >= 15 is 0 Å². The summed E-state index contributed by atoms with van der Waals surface area (Å²) in [5.74, 6) is 0.916. The normalized spacial score (nSPS) is 23.2. The Labute approximate surface area is 122 Å². The fraction of sp³-hybridized carbons (Fsp3) is 0.867. The maximum absolute atomic E-state index is 12.4. The van der Waals surface area contributed by atoms with Gasteiger partial charge >= 0.3 is 5.97 Å². The van der Waals surface area contributed by atoms with Crippen molar-refractivity contribution in [3.8, 4) is 0 Å². The zero-order valence-electron chi connectivity index (χ0n) is 13.4. The molecule has 0 bridgehead atoms. The predicted octanol–water partition coefficient (Wildman–Crippen LogP) is 1.37. The summed E-state index contributed by atoms with van der Waals surface area (Å²) in [6, 6.07) is 0.137. The number of piperidine rings is 1. The Bertz CT molecular complexity index is 334. The van der Waals surface area contributed by atoms with Crippen LogP contribution in [0.25, 0.3) is 0 Å². The summed E-state index contributed by atoms with van der Waals surface area (Å²) < 4.78 is 4.69. The molecular weight excluding hydrogens is 256 g/mol. The van der Waals surface area contributed by atoms with Crippen LogP contribution in [0.4, 0.5) is 0 Å². The number of nitrogens with zero attached hydrogens (tertiary/aromatic N) is 2. The highest BCUT2D eigenvalue weighted by Crippen LogP contribution is 2.21. The molecule has 1 fully saturated rings. The van der Waals surface area contributed by atoms with Gasteiger partial charge in [0.05, 0.1) is 20.2 Å². The van der Waals surface area contributed by atoms with Crippen LogP contribution in [0, 0.1) is 11.8 Å².